The minimum atomic E-state index is -0.555. The van der Waals surface area contributed by atoms with E-state index in [1.807, 2.05) is 126 Å². The Morgan fingerprint density at radius 3 is 1.00 bits per heavy atom. The number of carbonyl (C=O) groups excluding carboxylic acids is 4. The predicted molar refractivity (Wildman–Crippen MR) is 354 cm³/mol. The molecular weight excluding hydrogens is 1190 g/mol. The van der Waals surface area contributed by atoms with Crippen molar-refractivity contribution in [3.05, 3.63) is 256 Å². The number of aromatic nitrogens is 4. The number of ether oxygens (including phenoxy) is 4. The van der Waals surface area contributed by atoms with Gasteiger partial charge < -0.3 is 64.2 Å². The van der Waals surface area contributed by atoms with Gasteiger partial charge in [-0.15, -0.1) is 0 Å². The molecule has 93 heavy (non-hydrogen) atoms. The van der Waals surface area contributed by atoms with E-state index >= 15 is 0 Å². The summed E-state index contributed by atoms with van der Waals surface area (Å²) < 4.78 is 29.5. The lowest BCUT2D eigenvalue weighted by Gasteiger charge is -2.31. The molecule has 1 unspecified atom stereocenters. The Morgan fingerprint density at radius 2 is 0.688 bits per heavy atom. The smallest absolute Gasteiger partial charge is 0.293 e. The van der Waals surface area contributed by atoms with E-state index in [1.165, 1.54) is 67.3 Å². The third-order valence-corrected chi connectivity index (χ3v) is 15.5. The quantitative estimate of drug-likeness (QED) is 0.0330. The summed E-state index contributed by atoms with van der Waals surface area (Å²) in [4.78, 5) is 115. The molecule has 23 heteroatoms. The highest BCUT2D eigenvalue weighted by Crippen LogP contribution is 2.20. The molecule has 0 aliphatic carbocycles. The first kappa shape index (κ1) is 68.5. The Morgan fingerprint density at radius 1 is 0.398 bits per heavy atom. The van der Waals surface area contributed by atoms with Crippen molar-refractivity contribution in [3.8, 4) is 23.0 Å². The maximum absolute atomic E-state index is 14.6. The first-order valence-corrected chi connectivity index (χ1v) is 30.8. The molecular formula is C70H81N11O12. The van der Waals surface area contributed by atoms with Gasteiger partial charge in [-0.25, -0.2) is 0 Å². The van der Waals surface area contributed by atoms with Gasteiger partial charge >= 0.3 is 0 Å². The Balaban J connectivity index is 1.06. The first-order chi connectivity index (χ1) is 45.1. The van der Waals surface area contributed by atoms with E-state index in [0.717, 1.165) is 22.3 Å². The number of amides is 4. The Hall–Kier alpha value is -10.4. The molecule has 4 amide bonds. The minimum absolute atomic E-state index is 0.0364. The fourth-order valence-corrected chi connectivity index (χ4v) is 10.1. The van der Waals surface area contributed by atoms with Gasteiger partial charge in [-0.1, -0.05) is 128 Å². The Bertz CT molecular complexity index is 3900. The summed E-state index contributed by atoms with van der Waals surface area (Å²) in [7, 11) is 6.27. The summed E-state index contributed by atoms with van der Waals surface area (Å²) in [5.74, 6) is -2.67. The molecule has 0 aliphatic heterocycles. The third kappa shape index (κ3) is 19.8. The summed E-state index contributed by atoms with van der Waals surface area (Å²) in [6.07, 6.45) is 7.71. The number of benzene rings is 4. The third-order valence-electron chi connectivity index (χ3n) is 15.5. The van der Waals surface area contributed by atoms with Crippen LogP contribution >= 0.6 is 0 Å². The highest BCUT2D eigenvalue weighted by Gasteiger charge is 2.26. The van der Waals surface area contributed by atoms with Crippen molar-refractivity contribution in [1.82, 2.24) is 49.3 Å². The molecule has 0 spiro atoms. The van der Waals surface area contributed by atoms with Gasteiger partial charge in [-0.05, 0) is 65.9 Å². The molecule has 8 rings (SSSR count). The molecule has 4 aromatic carbocycles. The molecule has 0 radical (unpaired) electrons. The zero-order valence-corrected chi connectivity index (χ0v) is 52.9. The molecule has 0 fully saturated rings. The Kier molecular flexibility index (Phi) is 25.6. The summed E-state index contributed by atoms with van der Waals surface area (Å²) in [6, 6.07) is 42.6. The molecule has 0 saturated carbocycles. The second-order valence-electron chi connectivity index (χ2n) is 22.4. The van der Waals surface area contributed by atoms with Crippen LogP contribution in [0.1, 0.15) is 82.9 Å². The number of nitrogens with one attached hydrogen (secondary N) is 4. The summed E-state index contributed by atoms with van der Waals surface area (Å²) in [5.41, 5.74) is 7.38. The fraction of sp³-hybridized carbons (Fsp3) is 0.314. The largest absolute Gasteiger partial charge is 0.482 e. The minimum Gasteiger partial charge on any atom is -0.482 e. The number of unbranched alkanes of at least 4 members (excludes halogenated alkanes) is 1. The van der Waals surface area contributed by atoms with Crippen LogP contribution in [0.25, 0.3) is 0 Å². The topological polar surface area (TPSA) is 274 Å². The van der Waals surface area contributed by atoms with Crippen LogP contribution in [0.3, 0.4) is 0 Å². The van der Waals surface area contributed by atoms with Crippen molar-refractivity contribution in [2.75, 3.05) is 65.4 Å². The van der Waals surface area contributed by atoms with E-state index in [1.54, 1.807) is 28.2 Å². The fourth-order valence-electron chi connectivity index (χ4n) is 10.1. The van der Waals surface area contributed by atoms with E-state index in [4.69, 9.17) is 24.7 Å². The molecule has 0 bridgehead atoms. The molecule has 4 heterocycles. The van der Waals surface area contributed by atoms with Crippen LogP contribution in [0.5, 0.6) is 23.0 Å². The van der Waals surface area contributed by atoms with Crippen molar-refractivity contribution in [2.24, 2.45) is 33.9 Å². The van der Waals surface area contributed by atoms with Gasteiger partial charge in [-0.2, -0.15) is 0 Å². The SMILES string of the molecule is Cn1ccc(C(=O)NCCN(CCNC(=O)c2ccn(C)c(=O)c2OCc2ccccc2)CCN(CCNC(=O)c2ccn(C)c(=O)c2OCc2ccccc2)CC(CCCCN)NC(=O)c2ccn(C)c(=O)c2OCc2ccccc2)c(OCc2ccccc2)c1=O. The number of aryl methyl sites for hydroxylation is 4. The average molecular weight is 1270 g/mol. The van der Waals surface area contributed by atoms with Crippen molar-refractivity contribution < 1.29 is 38.1 Å². The molecule has 0 saturated heterocycles. The molecule has 0 aliphatic rings. The standard InChI is InChI=1S/C70H81N11O12/c1-76-36-28-55(59(67(76)86)90-46-50-19-9-5-10-20-50)63(82)72-33-40-80(41-34-73-64(83)56-29-37-77(2)68(87)60(56)91-47-51-21-11-6-12-22-51)43-44-81(42-35-74-65(84)57-30-38-78(3)69(88)61(57)92-48-52-23-13-7-14-24-52)45-54(27-17-18-32-71)75-66(85)58-31-39-79(4)70(89)62(58)93-49-53-25-15-8-16-26-53/h5-16,19-26,28-31,36-39,54H,17-18,27,32-35,40-49,71H2,1-4H3,(H,72,82)(H,73,83)(H,74,84)(H,75,85). The van der Waals surface area contributed by atoms with E-state index in [-0.39, 0.29) is 131 Å². The van der Waals surface area contributed by atoms with Gasteiger partial charge in [0.05, 0.1) is 22.3 Å². The van der Waals surface area contributed by atoms with Crippen LogP contribution < -0.4 is 68.2 Å². The van der Waals surface area contributed by atoms with E-state index in [9.17, 15) is 38.4 Å². The lowest BCUT2D eigenvalue weighted by Crippen LogP contribution is -2.49. The molecule has 6 N–H and O–H groups in total. The number of pyridine rings is 4. The number of hydrogen-bond donors (Lipinski definition) is 5. The highest BCUT2D eigenvalue weighted by molar-refractivity contribution is 5.98. The normalized spacial score (nSPS) is 11.4. The summed E-state index contributed by atoms with van der Waals surface area (Å²) in [5, 5.41) is 12.1. The van der Waals surface area contributed by atoms with Crippen LogP contribution in [0, 0.1) is 0 Å². The van der Waals surface area contributed by atoms with Crippen molar-refractivity contribution in [3.63, 3.8) is 0 Å². The highest BCUT2D eigenvalue weighted by atomic mass is 16.5. The van der Waals surface area contributed by atoms with E-state index < -0.39 is 51.9 Å². The maximum Gasteiger partial charge on any atom is 0.293 e. The van der Waals surface area contributed by atoms with Crippen LogP contribution in [-0.2, 0) is 54.6 Å². The second kappa shape index (κ2) is 34.7. The summed E-state index contributed by atoms with van der Waals surface area (Å²) in [6.45, 7) is 2.20. The van der Waals surface area contributed by atoms with Crippen molar-refractivity contribution in [2.45, 2.75) is 51.7 Å². The number of nitrogens with zero attached hydrogens (tertiary/aromatic N) is 6. The molecule has 1 atom stereocenters. The number of rotatable bonds is 35. The predicted octanol–water partition coefficient (Wildman–Crippen LogP) is 4.92. The first-order valence-electron chi connectivity index (χ1n) is 30.8. The van der Waals surface area contributed by atoms with Crippen LogP contribution in [0.2, 0.25) is 0 Å². The van der Waals surface area contributed by atoms with Gasteiger partial charge in [0.1, 0.15) is 26.4 Å². The summed E-state index contributed by atoms with van der Waals surface area (Å²) >= 11 is 0. The zero-order chi connectivity index (χ0) is 66.1. The van der Waals surface area contributed by atoms with Crippen LogP contribution in [-0.4, -0.2) is 123 Å². The van der Waals surface area contributed by atoms with Gasteiger partial charge in [0.25, 0.3) is 45.9 Å². The van der Waals surface area contributed by atoms with Gasteiger partial charge in [0, 0.05) is 118 Å². The van der Waals surface area contributed by atoms with Gasteiger partial charge in [0.2, 0.25) is 0 Å². The van der Waals surface area contributed by atoms with E-state index in [2.05, 4.69) is 26.2 Å². The Labute approximate surface area is 539 Å². The van der Waals surface area contributed by atoms with E-state index in [0.29, 0.717) is 25.8 Å². The zero-order valence-electron chi connectivity index (χ0n) is 52.9. The monoisotopic (exact) mass is 1270 g/mol. The average Bonchev–Trinajstić information content (AvgIpc) is 0.915. The van der Waals surface area contributed by atoms with Gasteiger partial charge in [-0.3, -0.25) is 48.2 Å². The van der Waals surface area contributed by atoms with Gasteiger partial charge in [0.15, 0.2) is 23.0 Å². The van der Waals surface area contributed by atoms with Crippen LogP contribution in [0.4, 0.5) is 0 Å². The molecule has 4 aromatic heterocycles. The van der Waals surface area contributed by atoms with Crippen molar-refractivity contribution in [1.29, 1.82) is 0 Å². The lowest BCUT2D eigenvalue weighted by atomic mass is 10.1. The maximum atomic E-state index is 14.6. The molecule has 488 valence electrons. The lowest BCUT2D eigenvalue weighted by molar-refractivity contribution is 0.0898. The number of nitrogens with two attached hydrogens (primary N) is 1. The number of hydrogen-bond acceptors (Lipinski definition) is 15. The number of carbonyl (C=O) groups is 4. The molecule has 23 nitrogen and oxygen atoms in total. The van der Waals surface area contributed by atoms with Crippen molar-refractivity contribution >= 4 is 23.6 Å². The second-order valence-corrected chi connectivity index (χ2v) is 22.4. The molecule has 8 aromatic rings. The van der Waals surface area contributed by atoms with Crippen LogP contribution in [0.15, 0.2) is 190 Å².